The van der Waals surface area contributed by atoms with E-state index in [0.717, 1.165) is 32.1 Å². The molecule has 0 bridgehead atoms. The van der Waals surface area contributed by atoms with Crippen LogP contribution in [0.4, 0.5) is 4.79 Å². The van der Waals surface area contributed by atoms with Gasteiger partial charge in [-0.3, -0.25) is 4.79 Å². The summed E-state index contributed by atoms with van der Waals surface area (Å²) in [6, 6.07) is -0.0553. The number of carboxylic acid groups (broad SMARTS) is 1. The van der Waals surface area contributed by atoms with Crippen molar-refractivity contribution in [2.45, 2.75) is 57.6 Å². The fraction of sp³-hybridized carbons (Fsp3) is 0.875. The average Bonchev–Trinajstić information content (AvgIpc) is 3.13. The van der Waals surface area contributed by atoms with Gasteiger partial charge in [-0.05, 0) is 44.9 Å². The number of ether oxygens (including phenoxy) is 1. The monoisotopic (exact) mass is 310 g/mol. The van der Waals surface area contributed by atoms with Gasteiger partial charge in [-0.25, -0.2) is 4.79 Å². The zero-order chi connectivity index (χ0) is 15.7. The van der Waals surface area contributed by atoms with Gasteiger partial charge in [0.1, 0.15) is 0 Å². The van der Waals surface area contributed by atoms with Gasteiger partial charge in [0.15, 0.2) is 0 Å². The Bertz CT molecular complexity index is 455. The van der Waals surface area contributed by atoms with Gasteiger partial charge in [-0.2, -0.15) is 0 Å². The molecular formula is C16H26N2O4. The molecule has 6 heteroatoms. The Labute approximate surface area is 131 Å². The highest BCUT2D eigenvalue weighted by atomic mass is 16.5. The zero-order valence-electron chi connectivity index (χ0n) is 13.2. The van der Waals surface area contributed by atoms with Crippen molar-refractivity contribution >= 4 is 12.0 Å². The average molecular weight is 310 g/mol. The summed E-state index contributed by atoms with van der Waals surface area (Å²) in [4.78, 5) is 25.9. The largest absolute Gasteiger partial charge is 0.481 e. The minimum absolute atomic E-state index is 0.0636. The number of hydrogen-bond donors (Lipinski definition) is 2. The predicted octanol–water partition coefficient (Wildman–Crippen LogP) is 1.84. The molecule has 2 aliphatic carbocycles. The van der Waals surface area contributed by atoms with E-state index < -0.39 is 11.4 Å². The van der Waals surface area contributed by atoms with E-state index in [4.69, 9.17) is 4.74 Å². The Morgan fingerprint density at radius 2 is 2.14 bits per heavy atom. The molecule has 1 saturated heterocycles. The van der Waals surface area contributed by atoms with Gasteiger partial charge < -0.3 is 20.1 Å². The van der Waals surface area contributed by atoms with Crippen LogP contribution in [0.15, 0.2) is 0 Å². The first-order chi connectivity index (χ1) is 10.6. The smallest absolute Gasteiger partial charge is 0.317 e. The molecule has 3 aliphatic rings. The second-order valence-electron chi connectivity index (χ2n) is 6.91. The molecule has 6 nitrogen and oxygen atoms in total. The number of fused-ring (bicyclic) bond motifs is 1. The first-order valence-corrected chi connectivity index (χ1v) is 8.47. The van der Waals surface area contributed by atoms with E-state index in [1.807, 2.05) is 6.92 Å². The number of likely N-dealkylation sites (tertiary alicyclic amines) is 1. The van der Waals surface area contributed by atoms with Gasteiger partial charge in [0.05, 0.1) is 17.6 Å². The molecule has 2 amide bonds. The lowest BCUT2D eigenvalue weighted by atomic mass is 9.81. The molecule has 124 valence electrons. The molecule has 4 atom stereocenters. The number of urea groups is 1. The quantitative estimate of drug-likeness (QED) is 0.830. The van der Waals surface area contributed by atoms with Crippen LogP contribution in [0.25, 0.3) is 0 Å². The number of carbonyl (C=O) groups is 2. The van der Waals surface area contributed by atoms with Crippen LogP contribution >= 0.6 is 0 Å². The maximum absolute atomic E-state index is 12.5. The summed E-state index contributed by atoms with van der Waals surface area (Å²) in [6.45, 7) is 3.55. The van der Waals surface area contributed by atoms with Crippen LogP contribution in [-0.4, -0.2) is 53.8 Å². The Morgan fingerprint density at radius 3 is 2.82 bits per heavy atom. The third-order valence-corrected chi connectivity index (χ3v) is 5.73. The van der Waals surface area contributed by atoms with Crippen LogP contribution in [0, 0.1) is 11.3 Å². The first-order valence-electron chi connectivity index (χ1n) is 8.47. The van der Waals surface area contributed by atoms with Crippen LogP contribution in [0.2, 0.25) is 0 Å². The second kappa shape index (κ2) is 6.07. The van der Waals surface area contributed by atoms with Crippen molar-refractivity contribution in [1.29, 1.82) is 0 Å². The van der Waals surface area contributed by atoms with E-state index in [2.05, 4.69) is 5.32 Å². The highest BCUT2D eigenvalue weighted by Gasteiger charge is 2.56. The fourth-order valence-corrected chi connectivity index (χ4v) is 4.55. The minimum atomic E-state index is -0.738. The summed E-state index contributed by atoms with van der Waals surface area (Å²) in [6.07, 6.45) is 5.67. The summed E-state index contributed by atoms with van der Waals surface area (Å²) in [7, 11) is 0. The van der Waals surface area contributed by atoms with Crippen LogP contribution in [0.1, 0.15) is 45.4 Å². The number of nitrogens with zero attached hydrogens (tertiary/aromatic N) is 1. The summed E-state index contributed by atoms with van der Waals surface area (Å²) in [5.41, 5.74) is -0.702. The molecular weight excluding hydrogens is 284 g/mol. The van der Waals surface area contributed by atoms with Crippen LogP contribution in [0.5, 0.6) is 0 Å². The molecule has 22 heavy (non-hydrogen) atoms. The summed E-state index contributed by atoms with van der Waals surface area (Å²) < 4.78 is 5.68. The van der Waals surface area contributed by atoms with Crippen molar-refractivity contribution in [2.75, 3.05) is 19.7 Å². The molecule has 0 radical (unpaired) electrons. The number of carboxylic acids is 1. The molecule has 1 aliphatic heterocycles. The second-order valence-corrected chi connectivity index (χ2v) is 6.91. The highest BCUT2D eigenvalue weighted by Crippen LogP contribution is 2.48. The van der Waals surface area contributed by atoms with E-state index in [0.29, 0.717) is 26.1 Å². The third kappa shape index (κ3) is 2.57. The van der Waals surface area contributed by atoms with Gasteiger partial charge in [0.25, 0.3) is 0 Å². The Morgan fingerprint density at radius 1 is 1.32 bits per heavy atom. The third-order valence-electron chi connectivity index (χ3n) is 5.73. The van der Waals surface area contributed by atoms with E-state index in [1.165, 1.54) is 0 Å². The van der Waals surface area contributed by atoms with Crippen LogP contribution < -0.4 is 5.32 Å². The molecule has 0 unspecified atom stereocenters. The molecule has 3 rings (SSSR count). The van der Waals surface area contributed by atoms with Crippen molar-refractivity contribution in [3.63, 3.8) is 0 Å². The van der Waals surface area contributed by atoms with Gasteiger partial charge in [-0.15, -0.1) is 0 Å². The lowest BCUT2D eigenvalue weighted by Gasteiger charge is -2.26. The number of amides is 2. The van der Waals surface area contributed by atoms with E-state index in [-0.39, 0.29) is 24.1 Å². The lowest BCUT2D eigenvalue weighted by Crippen LogP contribution is -2.48. The zero-order valence-corrected chi connectivity index (χ0v) is 13.2. The standard InChI is InChI=1S/C16H26N2O4/c1-2-22-13-7-3-6-12(13)17-15(21)18-9-11-5-4-8-16(11,10-18)14(19)20/h11-13H,2-10H2,1H3,(H,17,21)(H,19,20)/t11-,12+,13+,16+/m0/s1. The number of aliphatic carboxylic acids is 1. The van der Waals surface area contributed by atoms with Gasteiger partial charge >= 0.3 is 12.0 Å². The molecule has 2 N–H and O–H groups in total. The minimum Gasteiger partial charge on any atom is -0.481 e. The maximum Gasteiger partial charge on any atom is 0.317 e. The normalized spacial score (nSPS) is 37.3. The first kappa shape index (κ1) is 15.6. The Hall–Kier alpha value is -1.30. The number of rotatable bonds is 4. The van der Waals surface area contributed by atoms with Crippen molar-refractivity contribution < 1.29 is 19.4 Å². The molecule has 0 aromatic heterocycles. The molecule has 2 saturated carbocycles. The van der Waals surface area contributed by atoms with Crippen molar-refractivity contribution in [2.24, 2.45) is 11.3 Å². The highest BCUT2D eigenvalue weighted by molar-refractivity contribution is 5.80. The van der Waals surface area contributed by atoms with Crippen LogP contribution in [-0.2, 0) is 9.53 Å². The number of hydrogen-bond acceptors (Lipinski definition) is 3. The number of carbonyl (C=O) groups excluding carboxylic acids is 1. The molecule has 0 spiro atoms. The predicted molar refractivity (Wildman–Crippen MR) is 80.6 cm³/mol. The molecule has 3 fully saturated rings. The van der Waals surface area contributed by atoms with Crippen LogP contribution in [0.3, 0.4) is 0 Å². The van der Waals surface area contributed by atoms with E-state index in [9.17, 15) is 14.7 Å². The van der Waals surface area contributed by atoms with E-state index >= 15 is 0 Å². The topological polar surface area (TPSA) is 78.9 Å². The van der Waals surface area contributed by atoms with Crippen molar-refractivity contribution in [1.82, 2.24) is 10.2 Å². The summed E-state index contributed by atoms with van der Waals surface area (Å²) >= 11 is 0. The Kier molecular flexibility index (Phi) is 4.30. The van der Waals surface area contributed by atoms with Crippen molar-refractivity contribution in [3.05, 3.63) is 0 Å². The SMILES string of the molecule is CCO[C@@H]1CCC[C@H]1NC(=O)N1C[C@@H]2CCC[C@@]2(C(=O)O)C1. The molecule has 0 aromatic carbocycles. The van der Waals surface area contributed by atoms with Gasteiger partial charge in [-0.1, -0.05) is 6.42 Å². The molecule has 1 heterocycles. The number of nitrogens with one attached hydrogen (secondary N) is 1. The van der Waals surface area contributed by atoms with Crippen molar-refractivity contribution in [3.8, 4) is 0 Å². The van der Waals surface area contributed by atoms with Gasteiger partial charge in [0.2, 0.25) is 0 Å². The molecule has 0 aromatic rings. The van der Waals surface area contributed by atoms with Gasteiger partial charge in [0, 0.05) is 19.7 Å². The summed E-state index contributed by atoms with van der Waals surface area (Å²) in [5, 5.41) is 12.7. The Balaban J connectivity index is 1.61. The fourth-order valence-electron chi connectivity index (χ4n) is 4.55. The van der Waals surface area contributed by atoms with E-state index in [1.54, 1.807) is 4.90 Å². The lowest BCUT2D eigenvalue weighted by molar-refractivity contribution is -0.149. The maximum atomic E-state index is 12.5. The summed E-state index contributed by atoms with van der Waals surface area (Å²) in [5.74, 6) is -0.625.